The maximum absolute atomic E-state index is 12.0. The van der Waals surface area contributed by atoms with Crippen LogP contribution in [-0.2, 0) is 4.74 Å². The highest BCUT2D eigenvalue weighted by Crippen LogP contribution is 2.63. The summed E-state index contributed by atoms with van der Waals surface area (Å²) in [7, 11) is 1.45. The number of nitrogens with one attached hydrogen (secondary N) is 1. The van der Waals surface area contributed by atoms with Crippen LogP contribution in [0.3, 0.4) is 0 Å². The fourth-order valence-corrected chi connectivity index (χ4v) is 6.00. The van der Waals surface area contributed by atoms with Crippen LogP contribution in [0.5, 0.6) is 0 Å². The summed E-state index contributed by atoms with van der Waals surface area (Å²) in [4.78, 5) is 12.0. The largest absolute Gasteiger partial charge is 0.465 e. The number of esters is 1. The van der Waals surface area contributed by atoms with Gasteiger partial charge in [0.2, 0.25) is 0 Å². The Morgan fingerprint density at radius 1 is 1.12 bits per heavy atom. The highest BCUT2D eigenvalue weighted by Gasteiger charge is 2.53. The topological polar surface area (TPSA) is 38.3 Å². The predicted octanol–water partition coefficient (Wildman–Crippen LogP) is 5.53. The molecule has 1 aliphatic heterocycles. The van der Waals surface area contributed by atoms with E-state index >= 15 is 0 Å². The summed E-state index contributed by atoms with van der Waals surface area (Å²) in [5.74, 6) is 2.43. The Morgan fingerprint density at radius 2 is 1.88 bits per heavy atom. The maximum Gasteiger partial charge on any atom is 0.337 e. The van der Waals surface area contributed by atoms with Gasteiger partial charge in [-0.3, -0.25) is 0 Å². The molecular formula is C22H22BrNO2. The number of fused-ring (bicyclic) bond motifs is 7. The molecule has 1 N–H and O–H groups in total. The molecular weight excluding hydrogens is 390 g/mol. The van der Waals surface area contributed by atoms with E-state index in [4.69, 9.17) is 4.74 Å². The van der Waals surface area contributed by atoms with Crippen LogP contribution in [0.1, 0.15) is 52.7 Å². The van der Waals surface area contributed by atoms with Gasteiger partial charge in [0.1, 0.15) is 0 Å². The van der Waals surface area contributed by atoms with E-state index in [1.165, 1.54) is 43.2 Å². The molecule has 5 atom stereocenters. The normalized spacial score (nSPS) is 31.1. The Morgan fingerprint density at radius 3 is 2.65 bits per heavy atom. The van der Waals surface area contributed by atoms with E-state index in [-0.39, 0.29) is 5.97 Å². The average molecular weight is 412 g/mol. The predicted molar refractivity (Wildman–Crippen MR) is 105 cm³/mol. The number of halogens is 1. The molecule has 0 spiro atoms. The third kappa shape index (κ3) is 2.42. The number of carbonyl (C=O) groups excluding carboxylic acids is 1. The summed E-state index contributed by atoms with van der Waals surface area (Å²) in [6.07, 6.45) is 3.99. The second kappa shape index (κ2) is 6.12. The van der Waals surface area contributed by atoms with Crippen LogP contribution >= 0.6 is 15.9 Å². The van der Waals surface area contributed by atoms with Crippen LogP contribution in [0, 0.1) is 17.8 Å². The van der Waals surface area contributed by atoms with Crippen LogP contribution in [0.4, 0.5) is 5.69 Å². The summed E-state index contributed by atoms with van der Waals surface area (Å²) in [5, 5.41) is 3.81. The quantitative estimate of drug-likeness (QED) is 0.659. The van der Waals surface area contributed by atoms with E-state index in [0.29, 0.717) is 23.4 Å². The Labute approximate surface area is 162 Å². The minimum absolute atomic E-state index is 0.248. The highest BCUT2D eigenvalue weighted by atomic mass is 79.9. The van der Waals surface area contributed by atoms with Crippen LogP contribution in [-0.4, -0.2) is 13.1 Å². The first-order valence-corrected chi connectivity index (χ1v) is 10.2. The number of anilines is 1. The average Bonchev–Trinajstić information content (AvgIpc) is 3.29. The van der Waals surface area contributed by atoms with Crippen molar-refractivity contribution in [2.24, 2.45) is 17.8 Å². The standard InChI is InChI=1S/C22H22BrNO2/c1-26-22(25)15-6-9-18-17(11-15)19-13-2-3-14(10-13)20(19)21(24-18)12-4-7-16(23)8-5-12/h4-9,11,13-14,19-21,24H,2-3,10H2,1H3/t13-,14-,19-,20+,21+/m0/s1. The second-order valence-electron chi connectivity index (χ2n) is 7.90. The lowest BCUT2D eigenvalue weighted by atomic mass is 9.68. The number of hydrogen-bond donors (Lipinski definition) is 1. The molecule has 2 saturated carbocycles. The zero-order chi connectivity index (χ0) is 17.8. The monoisotopic (exact) mass is 411 g/mol. The van der Waals surface area contributed by atoms with E-state index in [1.807, 2.05) is 6.07 Å². The first kappa shape index (κ1) is 16.4. The van der Waals surface area contributed by atoms with E-state index in [9.17, 15) is 4.79 Å². The summed E-state index contributed by atoms with van der Waals surface area (Å²) < 4.78 is 6.05. The van der Waals surface area contributed by atoms with Crippen molar-refractivity contribution in [3.8, 4) is 0 Å². The van der Waals surface area contributed by atoms with Gasteiger partial charge in [-0.1, -0.05) is 28.1 Å². The van der Waals surface area contributed by atoms with Crippen LogP contribution in [0.15, 0.2) is 46.9 Å². The summed E-state index contributed by atoms with van der Waals surface area (Å²) >= 11 is 3.55. The molecule has 26 heavy (non-hydrogen) atoms. The SMILES string of the molecule is COC(=O)c1ccc2c(c1)[C@@H]1[C@H]3CC[C@@H](C3)[C@H]1[C@@H](c1ccc(Br)cc1)N2. The molecule has 0 unspecified atom stereocenters. The molecule has 134 valence electrons. The Kier molecular flexibility index (Phi) is 3.85. The third-order valence-electron chi connectivity index (χ3n) is 6.74. The van der Waals surface area contributed by atoms with Gasteiger partial charge < -0.3 is 10.1 Å². The summed E-state index contributed by atoms with van der Waals surface area (Å²) in [5.41, 5.74) is 4.52. The van der Waals surface area contributed by atoms with Crippen molar-refractivity contribution in [3.05, 3.63) is 63.6 Å². The molecule has 5 rings (SSSR count). The Balaban J connectivity index is 1.60. The van der Waals surface area contributed by atoms with Crippen LogP contribution in [0.2, 0.25) is 0 Å². The lowest BCUT2D eigenvalue weighted by Crippen LogP contribution is -2.35. The molecule has 2 bridgehead atoms. The fraction of sp³-hybridized carbons (Fsp3) is 0.409. The van der Waals surface area contributed by atoms with Crippen molar-refractivity contribution in [3.63, 3.8) is 0 Å². The third-order valence-corrected chi connectivity index (χ3v) is 7.27. The smallest absolute Gasteiger partial charge is 0.337 e. The van der Waals surface area contributed by atoms with Crippen molar-refractivity contribution in [1.29, 1.82) is 0 Å². The zero-order valence-corrected chi connectivity index (χ0v) is 16.3. The van der Waals surface area contributed by atoms with E-state index in [2.05, 4.69) is 57.6 Å². The van der Waals surface area contributed by atoms with E-state index in [0.717, 1.165) is 16.3 Å². The minimum atomic E-state index is -0.248. The number of carbonyl (C=O) groups is 1. The van der Waals surface area contributed by atoms with Gasteiger partial charge in [0, 0.05) is 10.2 Å². The fourth-order valence-electron chi connectivity index (χ4n) is 5.73. The number of methoxy groups -OCH3 is 1. The number of benzene rings is 2. The summed E-state index contributed by atoms with van der Waals surface area (Å²) in [6.45, 7) is 0. The molecule has 0 radical (unpaired) electrons. The highest BCUT2D eigenvalue weighted by molar-refractivity contribution is 9.10. The molecule has 0 amide bonds. The molecule has 2 fully saturated rings. The molecule has 3 nitrogen and oxygen atoms in total. The van der Waals surface area contributed by atoms with E-state index in [1.54, 1.807) is 0 Å². The molecule has 0 saturated heterocycles. The molecule has 4 heteroatoms. The van der Waals surface area contributed by atoms with Gasteiger partial charge >= 0.3 is 5.97 Å². The first-order chi connectivity index (χ1) is 12.7. The van der Waals surface area contributed by atoms with Gasteiger partial charge in [0.15, 0.2) is 0 Å². The molecule has 0 aromatic heterocycles. The van der Waals surface area contributed by atoms with Gasteiger partial charge in [-0.05, 0) is 84.4 Å². The van der Waals surface area contributed by atoms with Gasteiger partial charge in [0.25, 0.3) is 0 Å². The van der Waals surface area contributed by atoms with Crippen molar-refractivity contribution >= 4 is 27.6 Å². The first-order valence-electron chi connectivity index (χ1n) is 9.40. The van der Waals surface area contributed by atoms with Gasteiger partial charge in [-0.25, -0.2) is 4.79 Å². The van der Waals surface area contributed by atoms with E-state index < -0.39 is 0 Å². The van der Waals surface area contributed by atoms with Crippen LogP contribution in [0.25, 0.3) is 0 Å². The van der Waals surface area contributed by atoms with Gasteiger partial charge in [-0.2, -0.15) is 0 Å². The summed E-state index contributed by atoms with van der Waals surface area (Å²) in [6, 6.07) is 15.1. The van der Waals surface area contributed by atoms with Crippen LogP contribution < -0.4 is 5.32 Å². The Bertz CT molecular complexity index is 863. The maximum atomic E-state index is 12.0. The number of hydrogen-bond acceptors (Lipinski definition) is 3. The zero-order valence-electron chi connectivity index (χ0n) is 14.7. The molecule has 2 aromatic carbocycles. The number of rotatable bonds is 2. The van der Waals surface area contributed by atoms with Gasteiger partial charge in [0.05, 0.1) is 18.7 Å². The van der Waals surface area contributed by atoms with Gasteiger partial charge in [-0.15, -0.1) is 0 Å². The van der Waals surface area contributed by atoms with Crippen molar-refractivity contribution < 1.29 is 9.53 Å². The molecule has 2 aliphatic carbocycles. The van der Waals surface area contributed by atoms with Crippen molar-refractivity contribution in [2.75, 3.05) is 12.4 Å². The van der Waals surface area contributed by atoms with Crippen molar-refractivity contribution in [2.45, 2.75) is 31.2 Å². The number of ether oxygens (including phenoxy) is 1. The second-order valence-corrected chi connectivity index (χ2v) is 8.82. The molecule has 2 aromatic rings. The lowest BCUT2D eigenvalue weighted by molar-refractivity contribution is 0.0600. The van der Waals surface area contributed by atoms with Crippen molar-refractivity contribution in [1.82, 2.24) is 0 Å². The lowest BCUT2D eigenvalue weighted by Gasteiger charge is -2.43. The molecule has 1 heterocycles. The minimum Gasteiger partial charge on any atom is -0.465 e. The Hall–Kier alpha value is -1.81. The molecule has 3 aliphatic rings.